The predicted molar refractivity (Wildman–Crippen MR) is 70.9 cm³/mol. The van der Waals surface area contributed by atoms with Crippen LogP contribution in [0.2, 0.25) is 0 Å². The Labute approximate surface area is 110 Å². The minimum atomic E-state index is -0.288. The Bertz CT molecular complexity index is 672. The number of hydrogen-bond acceptors (Lipinski definition) is 2. The van der Waals surface area contributed by atoms with Gasteiger partial charge in [0.1, 0.15) is 5.82 Å². The molecule has 1 aromatic heterocycles. The molecule has 0 aliphatic heterocycles. The molecular weight excluding hydrogens is 245 g/mol. The molecule has 4 heteroatoms. The minimum Gasteiger partial charge on any atom is -0.349 e. The standard InChI is InChI=1S/C15H14FNO2/c1-10-7-17(9-14(11(2)18)15(10)19)8-12-3-5-13(16)6-4-12/h3-7,9H,8H2,1-2H3. The van der Waals surface area contributed by atoms with Crippen LogP contribution in [0.5, 0.6) is 0 Å². The first kappa shape index (κ1) is 13.2. The third-order valence-corrected chi connectivity index (χ3v) is 2.91. The van der Waals surface area contributed by atoms with Gasteiger partial charge in [-0.3, -0.25) is 9.59 Å². The number of halogens is 1. The van der Waals surface area contributed by atoms with E-state index in [0.717, 1.165) is 5.56 Å². The third-order valence-electron chi connectivity index (χ3n) is 2.91. The third kappa shape index (κ3) is 2.96. The van der Waals surface area contributed by atoms with Crippen molar-refractivity contribution in [3.8, 4) is 0 Å². The normalized spacial score (nSPS) is 10.5. The maximum atomic E-state index is 12.8. The number of pyridine rings is 1. The van der Waals surface area contributed by atoms with Crippen molar-refractivity contribution < 1.29 is 9.18 Å². The number of nitrogens with zero attached hydrogens (tertiary/aromatic N) is 1. The molecule has 0 saturated carbocycles. The lowest BCUT2D eigenvalue weighted by molar-refractivity contribution is 0.101. The molecule has 19 heavy (non-hydrogen) atoms. The maximum Gasteiger partial charge on any atom is 0.195 e. The van der Waals surface area contributed by atoms with Gasteiger partial charge in [-0.2, -0.15) is 0 Å². The zero-order valence-corrected chi connectivity index (χ0v) is 10.8. The first-order chi connectivity index (χ1) is 8.97. The van der Waals surface area contributed by atoms with Crippen molar-refractivity contribution in [1.29, 1.82) is 0 Å². The summed E-state index contributed by atoms with van der Waals surface area (Å²) in [6.07, 6.45) is 3.24. The number of benzene rings is 1. The molecule has 0 aliphatic carbocycles. The second-order valence-corrected chi connectivity index (χ2v) is 4.54. The fourth-order valence-electron chi connectivity index (χ4n) is 1.92. The van der Waals surface area contributed by atoms with E-state index in [4.69, 9.17) is 0 Å². The maximum absolute atomic E-state index is 12.8. The van der Waals surface area contributed by atoms with Gasteiger partial charge < -0.3 is 4.57 Å². The summed E-state index contributed by atoms with van der Waals surface area (Å²) in [4.78, 5) is 23.2. The van der Waals surface area contributed by atoms with Crippen LogP contribution in [-0.4, -0.2) is 10.4 Å². The smallest absolute Gasteiger partial charge is 0.195 e. The van der Waals surface area contributed by atoms with Crippen molar-refractivity contribution in [2.75, 3.05) is 0 Å². The molecule has 3 nitrogen and oxygen atoms in total. The summed E-state index contributed by atoms with van der Waals surface area (Å²) in [6, 6.07) is 6.12. The molecule has 1 heterocycles. The molecule has 2 rings (SSSR count). The van der Waals surface area contributed by atoms with Crippen LogP contribution in [0.3, 0.4) is 0 Å². The molecule has 0 fully saturated rings. The molecule has 98 valence electrons. The molecule has 1 aromatic carbocycles. The van der Waals surface area contributed by atoms with Crippen LogP contribution in [0.25, 0.3) is 0 Å². The summed E-state index contributed by atoms with van der Waals surface area (Å²) in [5.74, 6) is -0.536. The van der Waals surface area contributed by atoms with Gasteiger partial charge in [0, 0.05) is 24.5 Å². The highest BCUT2D eigenvalue weighted by Gasteiger charge is 2.09. The fourth-order valence-corrected chi connectivity index (χ4v) is 1.92. The minimum absolute atomic E-state index is 0.183. The second kappa shape index (κ2) is 5.18. The van der Waals surface area contributed by atoms with Gasteiger partial charge in [0.25, 0.3) is 0 Å². The van der Waals surface area contributed by atoms with E-state index in [1.807, 2.05) is 0 Å². The summed E-state index contributed by atoms with van der Waals surface area (Å²) in [7, 11) is 0. The van der Waals surface area contributed by atoms with Gasteiger partial charge >= 0.3 is 0 Å². The van der Waals surface area contributed by atoms with Crippen LogP contribution < -0.4 is 5.43 Å². The van der Waals surface area contributed by atoms with Gasteiger partial charge in [0.15, 0.2) is 11.2 Å². The Balaban J connectivity index is 2.38. The average Bonchev–Trinajstić information content (AvgIpc) is 2.36. The van der Waals surface area contributed by atoms with E-state index in [-0.39, 0.29) is 22.6 Å². The SMILES string of the molecule is CC(=O)c1cn(Cc2ccc(F)cc2)cc(C)c1=O. The Morgan fingerprint density at radius 2 is 1.84 bits per heavy atom. The number of Topliss-reactive ketones (excluding diaryl/α,β-unsaturated/α-hetero) is 1. The van der Waals surface area contributed by atoms with E-state index in [1.165, 1.54) is 19.1 Å². The molecule has 0 amide bonds. The monoisotopic (exact) mass is 259 g/mol. The van der Waals surface area contributed by atoms with Crippen LogP contribution in [0.4, 0.5) is 4.39 Å². The summed E-state index contributed by atoms with van der Waals surface area (Å²) in [6.45, 7) is 3.54. The number of carbonyl (C=O) groups is 1. The van der Waals surface area contributed by atoms with Crippen LogP contribution in [0.15, 0.2) is 41.5 Å². The lowest BCUT2D eigenvalue weighted by Crippen LogP contribution is -2.19. The van der Waals surface area contributed by atoms with Crippen LogP contribution in [0.1, 0.15) is 28.4 Å². The number of rotatable bonds is 3. The van der Waals surface area contributed by atoms with Gasteiger partial charge in [-0.15, -0.1) is 0 Å². The topological polar surface area (TPSA) is 39.1 Å². The number of aryl methyl sites for hydroxylation is 1. The van der Waals surface area contributed by atoms with E-state index in [1.54, 1.807) is 36.0 Å². The summed E-state index contributed by atoms with van der Waals surface area (Å²) < 4.78 is 14.6. The highest BCUT2D eigenvalue weighted by atomic mass is 19.1. The predicted octanol–water partition coefficient (Wildman–Crippen LogP) is 2.55. The zero-order valence-electron chi connectivity index (χ0n) is 10.8. The summed E-state index contributed by atoms with van der Waals surface area (Å²) in [5, 5.41) is 0. The van der Waals surface area contributed by atoms with E-state index in [9.17, 15) is 14.0 Å². The molecule has 0 aliphatic rings. The van der Waals surface area contributed by atoms with Crippen LogP contribution >= 0.6 is 0 Å². The fraction of sp³-hybridized carbons (Fsp3) is 0.200. The summed E-state index contributed by atoms with van der Waals surface area (Å²) in [5.41, 5.74) is 1.37. The van der Waals surface area contributed by atoms with Crippen molar-refractivity contribution in [1.82, 2.24) is 4.57 Å². The molecular formula is C15H14FNO2. The van der Waals surface area contributed by atoms with Crippen molar-refractivity contribution in [2.45, 2.75) is 20.4 Å². The molecule has 0 N–H and O–H groups in total. The molecule has 0 atom stereocenters. The Kier molecular flexibility index (Phi) is 3.60. The van der Waals surface area contributed by atoms with Crippen molar-refractivity contribution >= 4 is 5.78 Å². The zero-order chi connectivity index (χ0) is 14.0. The average molecular weight is 259 g/mol. The van der Waals surface area contributed by atoms with E-state index in [0.29, 0.717) is 12.1 Å². The number of aromatic nitrogens is 1. The van der Waals surface area contributed by atoms with Gasteiger partial charge in [0.2, 0.25) is 0 Å². The Morgan fingerprint density at radius 1 is 1.21 bits per heavy atom. The molecule has 0 saturated heterocycles. The highest BCUT2D eigenvalue weighted by Crippen LogP contribution is 2.07. The Hall–Kier alpha value is -2.23. The quantitative estimate of drug-likeness (QED) is 0.795. The summed E-state index contributed by atoms with van der Waals surface area (Å²) >= 11 is 0. The molecule has 0 bridgehead atoms. The molecule has 0 unspecified atom stereocenters. The second-order valence-electron chi connectivity index (χ2n) is 4.54. The lowest BCUT2D eigenvalue weighted by Gasteiger charge is -2.09. The van der Waals surface area contributed by atoms with Gasteiger partial charge in [-0.05, 0) is 31.5 Å². The van der Waals surface area contributed by atoms with Crippen molar-refractivity contribution in [3.05, 3.63) is 69.4 Å². The van der Waals surface area contributed by atoms with Gasteiger partial charge in [-0.25, -0.2) is 4.39 Å². The van der Waals surface area contributed by atoms with Crippen LogP contribution in [0, 0.1) is 12.7 Å². The molecule has 2 aromatic rings. The van der Waals surface area contributed by atoms with Crippen molar-refractivity contribution in [2.24, 2.45) is 0 Å². The Morgan fingerprint density at radius 3 is 2.42 bits per heavy atom. The number of hydrogen-bond donors (Lipinski definition) is 0. The van der Waals surface area contributed by atoms with Gasteiger partial charge in [-0.1, -0.05) is 12.1 Å². The first-order valence-electron chi connectivity index (χ1n) is 5.93. The van der Waals surface area contributed by atoms with Crippen LogP contribution in [-0.2, 0) is 6.54 Å². The lowest BCUT2D eigenvalue weighted by atomic mass is 10.1. The van der Waals surface area contributed by atoms with E-state index >= 15 is 0 Å². The van der Waals surface area contributed by atoms with E-state index < -0.39 is 0 Å². The van der Waals surface area contributed by atoms with Crippen molar-refractivity contribution in [3.63, 3.8) is 0 Å². The first-order valence-corrected chi connectivity index (χ1v) is 5.93. The molecule has 0 spiro atoms. The van der Waals surface area contributed by atoms with Gasteiger partial charge in [0.05, 0.1) is 5.56 Å². The molecule has 0 radical (unpaired) electrons. The largest absolute Gasteiger partial charge is 0.349 e. The van der Waals surface area contributed by atoms with E-state index in [2.05, 4.69) is 0 Å². The number of carbonyl (C=O) groups excluding carboxylic acids is 1. The highest BCUT2D eigenvalue weighted by molar-refractivity contribution is 5.93. The number of ketones is 1.